The first kappa shape index (κ1) is 74.4. The highest BCUT2D eigenvalue weighted by Gasteiger charge is 2.41. The van der Waals surface area contributed by atoms with Crippen molar-refractivity contribution in [2.45, 2.75) is 174 Å². The zero-order chi connectivity index (χ0) is 68.6. The topological polar surface area (TPSA) is 160 Å². The van der Waals surface area contributed by atoms with Gasteiger partial charge in [0.05, 0.1) is 37.7 Å². The molecule has 0 bridgehead atoms. The van der Waals surface area contributed by atoms with Gasteiger partial charge in [-0.25, -0.2) is 4.79 Å². The summed E-state index contributed by atoms with van der Waals surface area (Å²) in [6.07, 6.45) is 19.7. The summed E-state index contributed by atoms with van der Waals surface area (Å²) in [7, 11) is 9.78. The maximum atomic E-state index is 13.7. The highest BCUT2D eigenvalue weighted by atomic mass is 35.5. The van der Waals surface area contributed by atoms with Gasteiger partial charge in [-0.3, -0.25) is 29.1 Å². The summed E-state index contributed by atoms with van der Waals surface area (Å²) in [5.74, 6) is 0.763. The van der Waals surface area contributed by atoms with Gasteiger partial charge in [0.15, 0.2) is 5.78 Å². The fourth-order valence-corrected chi connectivity index (χ4v) is 14.7. The number of carbonyl (C=O) groups is 5. The van der Waals surface area contributed by atoms with Crippen LogP contribution in [-0.4, -0.2) is 189 Å². The number of hydrogen-bond donors (Lipinski definition) is 2. The lowest BCUT2D eigenvalue weighted by molar-refractivity contribution is -0.136. The number of aliphatic imine (C=N–C) groups is 1. The van der Waals surface area contributed by atoms with Crippen molar-refractivity contribution in [2.75, 3.05) is 94.3 Å². The molecule has 3 aromatic carbocycles. The average molecular weight is 1340 g/mol. The summed E-state index contributed by atoms with van der Waals surface area (Å²) in [5.41, 5.74) is 6.54. The number of amidine groups is 1. The molecule has 6 aliphatic heterocycles. The fraction of sp³-hybridized carbons (Fsp3) is 0.558. The molecule has 6 heterocycles. The number of carbonyl (C=O) groups excluding carboxylic acids is 5. The number of methoxy groups -OCH3 is 1. The third kappa shape index (κ3) is 21.3. The number of esters is 1. The molecule has 0 spiro atoms. The normalized spacial score (nSPS) is 20.8. The van der Waals surface area contributed by atoms with Crippen LogP contribution in [0.5, 0.6) is 0 Å². The van der Waals surface area contributed by atoms with Gasteiger partial charge in [-0.15, -0.1) is 0 Å². The van der Waals surface area contributed by atoms with Crippen molar-refractivity contribution in [3.63, 3.8) is 0 Å². The van der Waals surface area contributed by atoms with Crippen molar-refractivity contribution in [1.29, 1.82) is 0 Å². The van der Waals surface area contributed by atoms with E-state index in [4.69, 9.17) is 32.7 Å². The smallest absolute Gasteiger partial charge is 0.336 e. The number of likely N-dealkylation sites (tertiary alicyclic amines) is 3. The zero-order valence-corrected chi connectivity index (χ0v) is 60.3. The highest BCUT2D eigenvalue weighted by molar-refractivity contribution is 6.36. The Bertz CT molecular complexity index is 3290. The number of ether oxygens (including phenoxy) is 2. The Morgan fingerprint density at radius 2 is 1.25 bits per heavy atom. The molecule has 7 aliphatic rings. The minimum atomic E-state index is -0.750. The molecule has 3 aromatic rings. The minimum absolute atomic E-state index is 0.0311. The largest absolute Gasteiger partial charge is 0.494 e. The van der Waals surface area contributed by atoms with Crippen molar-refractivity contribution < 1.29 is 33.4 Å². The molecule has 10 rings (SSSR count). The van der Waals surface area contributed by atoms with Crippen molar-refractivity contribution in [2.24, 2.45) is 16.3 Å². The number of nitrogens with one attached hydrogen (secondary N) is 2. The second-order valence-electron chi connectivity index (χ2n) is 29.1. The first-order chi connectivity index (χ1) is 45.3. The van der Waals surface area contributed by atoms with E-state index in [1.54, 1.807) is 25.1 Å². The summed E-state index contributed by atoms with van der Waals surface area (Å²) in [4.78, 5) is 82.4. The number of fused-ring (bicyclic) bond motifs is 2. The van der Waals surface area contributed by atoms with E-state index in [2.05, 4.69) is 133 Å². The molecule has 3 atom stereocenters. The number of halogens is 2. The monoisotopic (exact) mass is 1340 g/mol. The van der Waals surface area contributed by atoms with Crippen LogP contribution in [0.1, 0.15) is 148 Å². The number of benzene rings is 3. The Hall–Kier alpha value is -6.40. The molecule has 0 radical (unpaired) electrons. The summed E-state index contributed by atoms with van der Waals surface area (Å²) >= 11 is 13.6. The molecule has 0 aromatic heterocycles. The lowest BCUT2D eigenvalue weighted by Gasteiger charge is -2.45. The van der Waals surface area contributed by atoms with Gasteiger partial charge in [-0.2, -0.15) is 0 Å². The number of rotatable bonds is 21. The SMILES string of the molecule is CN1CCC(N(C)C(=O)CCCOC2=CC3=CC4CC(=O)NC4=NC3C=C2)CC1.CN1CCC(N(CCC(C)(C)C)C(=O)Cc2ccccc2)CC1.COC(=O)C1=C(CCN(C2CCN(C)CC2)C(C)(C)C)NC(CCc2ccccc2)=C(C(C)=O)C1c1c(Cl)cccc1Cl. The summed E-state index contributed by atoms with van der Waals surface area (Å²) in [6, 6.07) is 26.8. The van der Waals surface area contributed by atoms with Gasteiger partial charge in [0.1, 0.15) is 11.6 Å². The average Bonchev–Trinajstić information content (AvgIpc) is 1.11. The number of nitrogens with zero attached hydrogens (tertiary/aromatic N) is 7. The Kier molecular flexibility index (Phi) is 27.2. The van der Waals surface area contributed by atoms with Gasteiger partial charge in [-0.05, 0) is 199 Å². The zero-order valence-electron chi connectivity index (χ0n) is 58.8. The molecule has 4 saturated heterocycles. The number of piperidine rings is 3. The molecule has 3 amide bonds. The highest BCUT2D eigenvalue weighted by Crippen LogP contribution is 2.46. The van der Waals surface area contributed by atoms with E-state index >= 15 is 0 Å². The standard InChI is InChI=1S/C35H45Cl2N3O3.C22H30N4O3.C20H32N2O/c1-23(41)30-28(16-15-24-11-8-7-9-12-24)38-29(19-22-40(35(2,3)4)25-17-20-39(5)21-18-25)32(34(42)43-6)33(30)31-26(36)13-10-14-27(31)37;1-25-9-7-17(8-10-25)26(2)21(28)4-3-11-29-18-5-6-19-15(13-18)12-16-14-20(27)24-22(16)23-19;1-20(2,3)12-15-22(18-10-13-21(4)14-11-18)19(23)16-17-8-6-5-7-9-17/h7-14,25,33,38H,15-22H2,1-6H3;5-6,12-13,16-17,19H,3-4,7-11,14H2,1-2H3,(H,23,24,27);5-9,18H,10-16H2,1-4H3. The molecule has 18 heteroatoms. The van der Waals surface area contributed by atoms with Crippen molar-refractivity contribution in [3.8, 4) is 0 Å². The van der Waals surface area contributed by atoms with Crippen LogP contribution >= 0.6 is 23.2 Å². The van der Waals surface area contributed by atoms with E-state index in [-0.39, 0.29) is 46.4 Å². The van der Waals surface area contributed by atoms with Crippen molar-refractivity contribution in [1.82, 2.24) is 40.0 Å². The van der Waals surface area contributed by atoms with Gasteiger partial charge in [-0.1, -0.05) is 123 Å². The number of aryl methyl sites for hydroxylation is 1. The van der Waals surface area contributed by atoms with E-state index in [1.165, 1.54) is 7.11 Å². The van der Waals surface area contributed by atoms with Crippen LogP contribution in [-0.2, 0) is 46.3 Å². The Labute approximate surface area is 577 Å². The van der Waals surface area contributed by atoms with E-state index < -0.39 is 11.9 Å². The van der Waals surface area contributed by atoms with Gasteiger partial charge in [0, 0.05) is 102 Å². The van der Waals surface area contributed by atoms with E-state index in [9.17, 15) is 24.0 Å². The number of allylic oxidation sites excluding steroid dienone is 3. The van der Waals surface area contributed by atoms with Crippen molar-refractivity contribution in [3.05, 3.63) is 164 Å². The van der Waals surface area contributed by atoms with Crippen LogP contribution in [0.25, 0.3) is 0 Å². The van der Waals surface area contributed by atoms with Gasteiger partial charge in [0.25, 0.3) is 0 Å². The van der Waals surface area contributed by atoms with Crippen molar-refractivity contribution >= 4 is 58.5 Å². The first-order valence-electron chi connectivity index (χ1n) is 34.6. The van der Waals surface area contributed by atoms with Crippen LogP contribution in [0.2, 0.25) is 10.0 Å². The second kappa shape index (κ2) is 34.7. The molecule has 3 unspecified atom stereocenters. The Morgan fingerprint density at radius 3 is 1.82 bits per heavy atom. The summed E-state index contributed by atoms with van der Waals surface area (Å²) in [5, 5.41) is 7.24. The number of ketones is 1. The number of Topliss-reactive ketones (excluding diaryl/α,β-unsaturated/α-hetero) is 1. The maximum Gasteiger partial charge on any atom is 0.336 e. The van der Waals surface area contributed by atoms with Gasteiger partial charge < -0.3 is 44.6 Å². The van der Waals surface area contributed by atoms with Crippen LogP contribution in [0, 0.1) is 11.3 Å². The number of hydrogen-bond acceptors (Lipinski definition) is 13. The molecule has 16 nitrogen and oxygen atoms in total. The quantitative estimate of drug-likeness (QED) is 0.0769. The number of amides is 3. The molecule has 516 valence electrons. The molecule has 0 saturated carbocycles. The van der Waals surface area contributed by atoms with E-state index in [1.807, 2.05) is 66.6 Å². The van der Waals surface area contributed by atoms with E-state index in [0.29, 0.717) is 90.0 Å². The predicted octanol–water partition coefficient (Wildman–Crippen LogP) is 12.4. The molecule has 95 heavy (non-hydrogen) atoms. The lowest BCUT2D eigenvalue weighted by atomic mass is 9.77. The summed E-state index contributed by atoms with van der Waals surface area (Å²) in [6.45, 7) is 23.6. The van der Waals surface area contributed by atoms with Crippen LogP contribution in [0.15, 0.2) is 142 Å². The second-order valence-corrected chi connectivity index (χ2v) is 30.0. The third-order valence-electron chi connectivity index (χ3n) is 19.7. The molecule has 4 fully saturated rings. The molecular weight excluding hydrogens is 1230 g/mol. The molecular formula is C77H107Cl2N9O7. The minimum Gasteiger partial charge on any atom is -0.494 e. The van der Waals surface area contributed by atoms with E-state index in [0.717, 1.165) is 143 Å². The maximum absolute atomic E-state index is 13.7. The van der Waals surface area contributed by atoms with Gasteiger partial charge >= 0.3 is 5.97 Å². The van der Waals surface area contributed by atoms with Crippen LogP contribution in [0.4, 0.5) is 0 Å². The third-order valence-corrected chi connectivity index (χ3v) is 20.3. The lowest BCUT2D eigenvalue weighted by Crippen LogP contribution is -2.52. The fourth-order valence-electron chi connectivity index (χ4n) is 14.1. The first-order valence-corrected chi connectivity index (χ1v) is 35.4. The molecule has 2 N–H and O–H groups in total. The number of dihydropyridines is 2. The Balaban J connectivity index is 0.000000193. The van der Waals surface area contributed by atoms with Gasteiger partial charge in [0.2, 0.25) is 17.7 Å². The predicted molar refractivity (Wildman–Crippen MR) is 383 cm³/mol. The van der Waals surface area contributed by atoms with Crippen LogP contribution in [0.3, 0.4) is 0 Å². The van der Waals surface area contributed by atoms with Crippen LogP contribution < -0.4 is 10.6 Å². The molecule has 1 aliphatic carbocycles. The summed E-state index contributed by atoms with van der Waals surface area (Å²) < 4.78 is 11.2. The Morgan fingerprint density at radius 1 is 0.684 bits per heavy atom.